The van der Waals surface area contributed by atoms with Gasteiger partial charge in [0.25, 0.3) is 0 Å². The summed E-state index contributed by atoms with van der Waals surface area (Å²) in [5.41, 5.74) is 1.69. The first kappa shape index (κ1) is 21.2. The van der Waals surface area contributed by atoms with Gasteiger partial charge in [-0.3, -0.25) is 14.7 Å². The Labute approximate surface area is 179 Å². The predicted octanol–water partition coefficient (Wildman–Crippen LogP) is 3.65. The summed E-state index contributed by atoms with van der Waals surface area (Å²) in [6.07, 6.45) is 6.53. The molecule has 1 aromatic heterocycles. The molecule has 0 radical (unpaired) electrons. The minimum Gasteiger partial charge on any atom is -0.379 e. The van der Waals surface area contributed by atoms with E-state index in [9.17, 15) is 4.79 Å². The molecule has 2 fully saturated rings. The Morgan fingerprint density at radius 3 is 2.77 bits per heavy atom. The average molecular weight is 408 g/mol. The zero-order valence-electron chi connectivity index (χ0n) is 17.8. The fraction of sp³-hybridized carbons (Fsp3) is 0.520. The molecule has 2 saturated heterocycles. The number of Topliss-reactive ketones (excluding diaryl/α,β-unsaturated/α-hetero) is 1. The van der Waals surface area contributed by atoms with E-state index in [1.807, 2.05) is 30.3 Å². The van der Waals surface area contributed by atoms with Crippen molar-refractivity contribution >= 4 is 16.7 Å². The molecule has 30 heavy (non-hydrogen) atoms. The maximum Gasteiger partial charge on any atom is 0.163 e. The summed E-state index contributed by atoms with van der Waals surface area (Å²) >= 11 is 0. The number of pyridine rings is 1. The van der Waals surface area contributed by atoms with Crippen molar-refractivity contribution in [2.24, 2.45) is 11.8 Å². The van der Waals surface area contributed by atoms with Crippen LogP contribution in [0.3, 0.4) is 0 Å². The number of nitrogens with zero attached hydrogens (tertiary/aromatic N) is 3. The van der Waals surface area contributed by atoms with Crippen molar-refractivity contribution in [1.82, 2.24) is 14.8 Å². The number of likely N-dealkylation sites (tertiary alicyclic amines) is 1. The van der Waals surface area contributed by atoms with E-state index in [1.54, 1.807) is 6.20 Å². The lowest BCUT2D eigenvalue weighted by molar-refractivity contribution is 0.0294. The van der Waals surface area contributed by atoms with E-state index in [0.29, 0.717) is 18.3 Å². The van der Waals surface area contributed by atoms with Gasteiger partial charge in [0.05, 0.1) is 18.7 Å². The van der Waals surface area contributed by atoms with Crippen molar-refractivity contribution in [2.45, 2.75) is 19.3 Å². The number of hydrogen-bond donors (Lipinski definition) is 0. The Hall–Kier alpha value is -2.08. The second-order valence-corrected chi connectivity index (χ2v) is 8.54. The molecule has 2 atom stereocenters. The molecular weight excluding hydrogens is 374 g/mol. The van der Waals surface area contributed by atoms with Gasteiger partial charge in [0.2, 0.25) is 0 Å². The number of ether oxygens (including phenoxy) is 1. The van der Waals surface area contributed by atoms with Gasteiger partial charge in [0, 0.05) is 56.3 Å². The van der Waals surface area contributed by atoms with Gasteiger partial charge in [-0.05, 0) is 43.4 Å². The molecule has 0 saturated carbocycles. The number of hydrogen-bond acceptors (Lipinski definition) is 5. The number of benzene rings is 1. The summed E-state index contributed by atoms with van der Waals surface area (Å²) in [6.45, 7) is 12.3. The molecule has 2 unspecified atom stereocenters. The zero-order chi connectivity index (χ0) is 20.8. The van der Waals surface area contributed by atoms with Gasteiger partial charge in [-0.15, -0.1) is 6.58 Å². The van der Waals surface area contributed by atoms with E-state index >= 15 is 0 Å². The number of carbonyl (C=O) groups excluding carboxylic acids is 1. The second-order valence-electron chi connectivity index (χ2n) is 8.54. The quantitative estimate of drug-likeness (QED) is 0.494. The maximum atomic E-state index is 13.0. The SMILES string of the molecule is C=CC1CN(CCN2CCOCC2)CCC1CCC(=O)c1ccnc2ccccc12. The molecule has 0 aliphatic carbocycles. The molecule has 2 aliphatic rings. The van der Waals surface area contributed by atoms with E-state index in [0.717, 1.165) is 81.8 Å². The number of aromatic nitrogens is 1. The molecule has 3 heterocycles. The molecule has 4 rings (SSSR count). The van der Waals surface area contributed by atoms with Crippen LogP contribution in [0.1, 0.15) is 29.6 Å². The van der Waals surface area contributed by atoms with Crippen LogP contribution in [-0.4, -0.2) is 73.0 Å². The van der Waals surface area contributed by atoms with Crippen molar-refractivity contribution in [3.05, 3.63) is 54.7 Å². The van der Waals surface area contributed by atoms with Crippen LogP contribution in [0, 0.1) is 11.8 Å². The highest BCUT2D eigenvalue weighted by molar-refractivity contribution is 6.07. The molecule has 0 bridgehead atoms. The van der Waals surface area contributed by atoms with Crippen LogP contribution in [0.4, 0.5) is 0 Å². The Balaban J connectivity index is 1.29. The number of fused-ring (bicyclic) bond motifs is 1. The molecule has 2 aromatic rings. The number of rotatable bonds is 8. The number of morpholine rings is 1. The smallest absolute Gasteiger partial charge is 0.163 e. The highest BCUT2D eigenvalue weighted by atomic mass is 16.5. The largest absolute Gasteiger partial charge is 0.379 e. The first-order valence-corrected chi connectivity index (χ1v) is 11.3. The monoisotopic (exact) mass is 407 g/mol. The van der Waals surface area contributed by atoms with Gasteiger partial charge in [0.1, 0.15) is 0 Å². The third kappa shape index (κ3) is 5.15. The Bertz CT molecular complexity index is 857. The second kappa shape index (κ2) is 10.3. The molecule has 1 aromatic carbocycles. The highest BCUT2D eigenvalue weighted by Gasteiger charge is 2.28. The third-order valence-corrected chi connectivity index (χ3v) is 6.72. The van der Waals surface area contributed by atoms with Gasteiger partial charge in [-0.1, -0.05) is 24.3 Å². The van der Waals surface area contributed by atoms with Gasteiger partial charge in [-0.25, -0.2) is 0 Å². The number of para-hydroxylation sites is 1. The van der Waals surface area contributed by atoms with Crippen molar-refractivity contribution in [3.63, 3.8) is 0 Å². The predicted molar refractivity (Wildman–Crippen MR) is 121 cm³/mol. The number of ketones is 1. The lowest BCUT2D eigenvalue weighted by Gasteiger charge is -2.38. The van der Waals surface area contributed by atoms with Gasteiger partial charge < -0.3 is 9.64 Å². The summed E-state index contributed by atoms with van der Waals surface area (Å²) < 4.78 is 5.44. The van der Waals surface area contributed by atoms with Crippen molar-refractivity contribution in [3.8, 4) is 0 Å². The minimum atomic E-state index is 0.228. The third-order valence-electron chi connectivity index (χ3n) is 6.72. The summed E-state index contributed by atoms with van der Waals surface area (Å²) in [5, 5.41) is 0.961. The highest BCUT2D eigenvalue weighted by Crippen LogP contribution is 2.29. The number of carbonyl (C=O) groups is 1. The van der Waals surface area contributed by atoms with Crippen molar-refractivity contribution < 1.29 is 9.53 Å². The first-order valence-electron chi connectivity index (χ1n) is 11.3. The van der Waals surface area contributed by atoms with Crippen molar-refractivity contribution in [2.75, 3.05) is 52.5 Å². The van der Waals surface area contributed by atoms with Crippen LogP contribution in [0.15, 0.2) is 49.2 Å². The van der Waals surface area contributed by atoms with Crippen LogP contribution in [-0.2, 0) is 4.74 Å². The molecular formula is C25H33N3O2. The lowest BCUT2D eigenvalue weighted by Crippen LogP contribution is -2.45. The molecule has 0 N–H and O–H groups in total. The standard InChI is InChI=1S/C25H33N3O2/c1-2-20-19-28(14-13-27-15-17-30-18-16-27)12-10-21(20)7-8-25(29)23-9-11-26-24-6-4-3-5-22(23)24/h2-6,9,11,20-21H,1,7-8,10,12-19H2. The van der Waals surface area contributed by atoms with Crippen LogP contribution in [0.2, 0.25) is 0 Å². The van der Waals surface area contributed by atoms with Gasteiger partial charge in [0.15, 0.2) is 5.78 Å². The van der Waals surface area contributed by atoms with E-state index in [4.69, 9.17) is 4.74 Å². The summed E-state index contributed by atoms with van der Waals surface area (Å²) in [6, 6.07) is 9.76. The molecule has 5 heteroatoms. The molecule has 2 aliphatic heterocycles. The van der Waals surface area contributed by atoms with E-state index < -0.39 is 0 Å². The fourth-order valence-corrected chi connectivity index (χ4v) is 4.83. The maximum absolute atomic E-state index is 13.0. The Morgan fingerprint density at radius 1 is 1.13 bits per heavy atom. The Morgan fingerprint density at radius 2 is 1.93 bits per heavy atom. The van der Waals surface area contributed by atoms with Crippen LogP contribution in [0.25, 0.3) is 10.9 Å². The van der Waals surface area contributed by atoms with Crippen LogP contribution >= 0.6 is 0 Å². The van der Waals surface area contributed by atoms with E-state index in [1.165, 1.54) is 0 Å². The zero-order valence-corrected chi connectivity index (χ0v) is 17.8. The van der Waals surface area contributed by atoms with E-state index in [-0.39, 0.29) is 5.78 Å². The average Bonchev–Trinajstić information content (AvgIpc) is 2.81. The number of piperidine rings is 1. The first-order chi connectivity index (χ1) is 14.7. The topological polar surface area (TPSA) is 45.7 Å². The van der Waals surface area contributed by atoms with Gasteiger partial charge in [-0.2, -0.15) is 0 Å². The van der Waals surface area contributed by atoms with Crippen LogP contribution < -0.4 is 0 Å². The Kier molecular flexibility index (Phi) is 7.26. The summed E-state index contributed by atoms with van der Waals surface area (Å²) in [4.78, 5) is 22.4. The minimum absolute atomic E-state index is 0.228. The molecule has 160 valence electrons. The van der Waals surface area contributed by atoms with Crippen molar-refractivity contribution in [1.29, 1.82) is 0 Å². The van der Waals surface area contributed by atoms with Gasteiger partial charge >= 0.3 is 0 Å². The normalized spacial score (nSPS) is 23.5. The molecule has 5 nitrogen and oxygen atoms in total. The van der Waals surface area contributed by atoms with E-state index in [2.05, 4.69) is 27.4 Å². The summed E-state index contributed by atoms with van der Waals surface area (Å²) in [5.74, 6) is 1.23. The van der Waals surface area contributed by atoms with Crippen LogP contribution in [0.5, 0.6) is 0 Å². The molecule has 0 amide bonds. The molecule has 0 spiro atoms. The fourth-order valence-electron chi connectivity index (χ4n) is 4.83. The summed E-state index contributed by atoms with van der Waals surface area (Å²) in [7, 11) is 0. The lowest BCUT2D eigenvalue weighted by atomic mass is 9.81.